The van der Waals surface area contributed by atoms with Crippen molar-refractivity contribution in [3.8, 4) is 17.1 Å². The summed E-state index contributed by atoms with van der Waals surface area (Å²) in [7, 11) is 0. The molecule has 0 saturated heterocycles. The van der Waals surface area contributed by atoms with Gasteiger partial charge in [-0.25, -0.2) is 9.97 Å². The summed E-state index contributed by atoms with van der Waals surface area (Å²) in [5.74, 6) is 1.20. The summed E-state index contributed by atoms with van der Waals surface area (Å²) >= 11 is 6.05. The van der Waals surface area contributed by atoms with E-state index >= 15 is 0 Å². The monoisotopic (exact) mass is 342 g/mol. The average Bonchev–Trinajstić information content (AvgIpc) is 2.61. The second-order valence-corrected chi connectivity index (χ2v) is 6.06. The highest BCUT2D eigenvalue weighted by Crippen LogP contribution is 2.32. The summed E-state index contributed by atoms with van der Waals surface area (Å²) < 4.78 is 0. The predicted octanol–water partition coefficient (Wildman–Crippen LogP) is 3.81. The molecule has 24 heavy (non-hydrogen) atoms. The zero-order valence-corrected chi connectivity index (χ0v) is 14.1. The lowest BCUT2D eigenvalue weighted by molar-refractivity contribution is 0.477. The van der Waals surface area contributed by atoms with Gasteiger partial charge in [0, 0.05) is 23.0 Å². The van der Waals surface area contributed by atoms with Gasteiger partial charge in [0.2, 0.25) is 0 Å². The van der Waals surface area contributed by atoms with Crippen LogP contribution in [-0.2, 0) is 0 Å². The van der Waals surface area contributed by atoms with E-state index in [4.69, 9.17) is 17.3 Å². The van der Waals surface area contributed by atoms with Gasteiger partial charge in [0.25, 0.3) is 0 Å². The van der Waals surface area contributed by atoms with E-state index < -0.39 is 0 Å². The molecule has 6 heteroatoms. The molecule has 2 aromatic carbocycles. The van der Waals surface area contributed by atoms with E-state index in [1.165, 1.54) is 6.07 Å². The molecule has 4 N–H and O–H groups in total. The maximum absolute atomic E-state index is 10.1. The summed E-state index contributed by atoms with van der Waals surface area (Å²) in [6.45, 7) is 2.65. The van der Waals surface area contributed by atoms with Gasteiger partial charge in [0.1, 0.15) is 11.6 Å². The third-order valence-corrected chi connectivity index (χ3v) is 4.09. The molecular weight excluding hydrogens is 324 g/mol. The Morgan fingerprint density at radius 3 is 2.79 bits per heavy atom. The molecule has 1 aromatic heterocycles. The fraction of sp³-hybridized carbons (Fsp3) is 0.222. The van der Waals surface area contributed by atoms with Gasteiger partial charge in [-0.2, -0.15) is 0 Å². The number of benzene rings is 2. The van der Waals surface area contributed by atoms with Crippen molar-refractivity contribution in [2.45, 2.75) is 19.4 Å². The van der Waals surface area contributed by atoms with Crippen molar-refractivity contribution in [1.29, 1.82) is 0 Å². The second-order valence-electron chi connectivity index (χ2n) is 5.62. The number of nitrogens with two attached hydrogens (primary N) is 1. The number of hydrogen-bond donors (Lipinski definition) is 3. The van der Waals surface area contributed by atoms with Crippen LogP contribution in [0.3, 0.4) is 0 Å². The molecule has 5 nitrogen and oxygen atoms in total. The quantitative estimate of drug-likeness (QED) is 0.656. The Balaban J connectivity index is 2.11. The Bertz CT molecular complexity index is 869. The molecule has 0 saturated carbocycles. The van der Waals surface area contributed by atoms with E-state index in [-0.39, 0.29) is 11.8 Å². The smallest absolute Gasteiger partial charge is 0.165 e. The molecule has 0 unspecified atom stereocenters. The highest BCUT2D eigenvalue weighted by atomic mass is 35.5. The van der Waals surface area contributed by atoms with Gasteiger partial charge in [-0.15, -0.1) is 0 Å². The second kappa shape index (κ2) is 7.03. The van der Waals surface area contributed by atoms with Crippen LogP contribution in [0.2, 0.25) is 5.02 Å². The molecule has 0 radical (unpaired) electrons. The van der Waals surface area contributed by atoms with Crippen LogP contribution < -0.4 is 11.1 Å². The van der Waals surface area contributed by atoms with Crippen molar-refractivity contribution < 1.29 is 5.11 Å². The number of halogens is 1. The van der Waals surface area contributed by atoms with Crippen molar-refractivity contribution >= 4 is 28.3 Å². The topological polar surface area (TPSA) is 84.1 Å². The van der Waals surface area contributed by atoms with Crippen molar-refractivity contribution in [1.82, 2.24) is 9.97 Å². The number of hydrogen-bond acceptors (Lipinski definition) is 5. The molecule has 3 aromatic rings. The Morgan fingerprint density at radius 2 is 2.00 bits per heavy atom. The van der Waals surface area contributed by atoms with Crippen LogP contribution >= 0.6 is 11.6 Å². The largest absolute Gasteiger partial charge is 0.507 e. The van der Waals surface area contributed by atoms with E-state index in [0.717, 1.165) is 17.3 Å². The zero-order valence-electron chi connectivity index (χ0n) is 13.3. The van der Waals surface area contributed by atoms with Gasteiger partial charge in [-0.05, 0) is 36.8 Å². The number of anilines is 1. The number of aromatic nitrogens is 2. The third kappa shape index (κ3) is 3.42. The molecule has 0 bridgehead atoms. The van der Waals surface area contributed by atoms with Gasteiger partial charge < -0.3 is 16.2 Å². The van der Waals surface area contributed by atoms with Crippen molar-refractivity contribution in [3.63, 3.8) is 0 Å². The van der Waals surface area contributed by atoms with Crippen LogP contribution in [0.15, 0.2) is 42.5 Å². The lowest BCUT2D eigenvalue weighted by atomic mass is 10.1. The van der Waals surface area contributed by atoms with E-state index in [2.05, 4.69) is 15.3 Å². The minimum Gasteiger partial charge on any atom is -0.507 e. The van der Waals surface area contributed by atoms with Gasteiger partial charge in [0.05, 0.1) is 11.1 Å². The molecule has 1 heterocycles. The van der Waals surface area contributed by atoms with E-state index in [1.807, 2.05) is 31.2 Å². The fourth-order valence-corrected chi connectivity index (χ4v) is 2.56. The maximum Gasteiger partial charge on any atom is 0.165 e. The molecule has 0 aliphatic rings. The highest BCUT2D eigenvalue weighted by Gasteiger charge is 2.13. The summed E-state index contributed by atoms with van der Waals surface area (Å²) in [6, 6.07) is 12.6. The lowest BCUT2D eigenvalue weighted by Gasteiger charge is -2.14. The summed E-state index contributed by atoms with van der Waals surface area (Å²) in [6.07, 6.45) is 0.873. The minimum absolute atomic E-state index is 0.0433. The van der Waals surface area contributed by atoms with Crippen LogP contribution in [-0.4, -0.2) is 27.7 Å². The zero-order chi connectivity index (χ0) is 17.1. The number of para-hydroxylation sites is 1. The van der Waals surface area contributed by atoms with Gasteiger partial charge in [-0.3, -0.25) is 0 Å². The van der Waals surface area contributed by atoms with Crippen LogP contribution in [0, 0.1) is 0 Å². The first-order valence-corrected chi connectivity index (χ1v) is 8.21. The van der Waals surface area contributed by atoms with Gasteiger partial charge in [-0.1, -0.05) is 30.7 Å². The Morgan fingerprint density at radius 1 is 1.21 bits per heavy atom. The summed E-state index contributed by atoms with van der Waals surface area (Å²) in [4.78, 5) is 9.14. The Labute approximate surface area is 145 Å². The highest BCUT2D eigenvalue weighted by molar-refractivity contribution is 6.30. The molecule has 0 fully saturated rings. The summed E-state index contributed by atoms with van der Waals surface area (Å²) in [5, 5.41) is 14.8. The normalized spacial score (nSPS) is 12.3. The molecule has 0 aliphatic heterocycles. The van der Waals surface area contributed by atoms with Crippen LogP contribution in [0.1, 0.15) is 13.3 Å². The Kier molecular flexibility index (Phi) is 4.83. The molecule has 3 rings (SSSR count). The number of nitrogens with zero attached hydrogens (tertiary/aromatic N) is 2. The number of rotatable bonds is 5. The first-order chi connectivity index (χ1) is 11.6. The van der Waals surface area contributed by atoms with Crippen LogP contribution in [0.5, 0.6) is 5.75 Å². The van der Waals surface area contributed by atoms with Crippen LogP contribution in [0.25, 0.3) is 22.3 Å². The van der Waals surface area contributed by atoms with Crippen molar-refractivity contribution in [3.05, 3.63) is 47.5 Å². The molecule has 0 spiro atoms. The maximum atomic E-state index is 10.1. The van der Waals surface area contributed by atoms with E-state index in [1.54, 1.807) is 12.1 Å². The first-order valence-electron chi connectivity index (χ1n) is 7.83. The molecule has 1 atom stereocenters. The van der Waals surface area contributed by atoms with E-state index in [9.17, 15) is 5.11 Å². The van der Waals surface area contributed by atoms with Gasteiger partial charge >= 0.3 is 0 Å². The molecule has 0 amide bonds. The first kappa shape index (κ1) is 16.5. The number of phenolic OH excluding ortho intramolecular Hbond substituents is 1. The lowest BCUT2D eigenvalue weighted by Crippen LogP contribution is -2.28. The van der Waals surface area contributed by atoms with Crippen molar-refractivity contribution in [2.75, 3.05) is 11.9 Å². The van der Waals surface area contributed by atoms with Crippen LogP contribution in [0.4, 0.5) is 5.82 Å². The SMILES string of the molecule is CC[C@@H](N)CNc1nc(-c2cc(Cl)ccc2O)nc2ccccc12. The number of fused-ring (bicyclic) bond motifs is 1. The van der Waals surface area contributed by atoms with Gasteiger partial charge in [0.15, 0.2) is 5.82 Å². The Hall–Kier alpha value is -2.37. The van der Waals surface area contributed by atoms with E-state index in [0.29, 0.717) is 28.8 Å². The third-order valence-electron chi connectivity index (χ3n) is 3.86. The minimum atomic E-state index is 0.0433. The fourth-order valence-electron chi connectivity index (χ4n) is 2.39. The average molecular weight is 343 g/mol. The van der Waals surface area contributed by atoms with Crippen molar-refractivity contribution in [2.24, 2.45) is 5.73 Å². The molecule has 124 valence electrons. The predicted molar refractivity (Wildman–Crippen MR) is 98.4 cm³/mol. The number of phenols is 1. The summed E-state index contributed by atoms with van der Waals surface area (Å²) in [5.41, 5.74) is 7.28. The molecule has 0 aliphatic carbocycles. The molecular formula is C18H19ClN4O. The number of nitrogens with one attached hydrogen (secondary N) is 1. The standard InChI is InChI=1S/C18H19ClN4O/c1-2-12(20)10-21-17-13-5-3-4-6-15(13)22-18(23-17)14-9-11(19)7-8-16(14)24/h3-9,12,24H,2,10,20H2,1H3,(H,21,22,23)/t12-/m1/s1. The number of aromatic hydroxyl groups is 1.